The van der Waals surface area contributed by atoms with Crippen LogP contribution >= 0.6 is 11.8 Å². The van der Waals surface area contributed by atoms with Gasteiger partial charge in [0, 0.05) is 11.7 Å². The molecule has 6 heteroatoms. The van der Waals surface area contributed by atoms with E-state index in [1.54, 1.807) is 10.6 Å². The van der Waals surface area contributed by atoms with Crippen LogP contribution in [0.4, 0.5) is 5.69 Å². The fraction of sp³-hybridized carbons (Fsp3) is 0.286. The summed E-state index contributed by atoms with van der Waals surface area (Å²) in [5.41, 5.74) is 2.45. The first-order chi connectivity index (χ1) is 13.0. The molecule has 3 aromatic rings. The Morgan fingerprint density at radius 1 is 1.22 bits per heavy atom. The molecule has 0 saturated heterocycles. The molecule has 140 valence electrons. The fourth-order valence-corrected chi connectivity index (χ4v) is 3.75. The molecular weight excluding hydrogens is 358 g/mol. The lowest BCUT2D eigenvalue weighted by Crippen LogP contribution is -2.26. The normalized spacial score (nSPS) is 12.1. The summed E-state index contributed by atoms with van der Waals surface area (Å²) >= 11 is 1.29. The van der Waals surface area contributed by atoms with Gasteiger partial charge in [0.25, 0.3) is 5.56 Å². The van der Waals surface area contributed by atoms with E-state index < -0.39 is 0 Å². The predicted octanol–water partition coefficient (Wildman–Crippen LogP) is 4.41. The topological polar surface area (TPSA) is 64.0 Å². The van der Waals surface area contributed by atoms with Gasteiger partial charge in [-0.2, -0.15) is 0 Å². The Hall–Kier alpha value is -2.60. The van der Waals surface area contributed by atoms with Crippen molar-refractivity contribution in [2.24, 2.45) is 0 Å². The van der Waals surface area contributed by atoms with Crippen LogP contribution in [0.2, 0.25) is 0 Å². The lowest BCUT2D eigenvalue weighted by atomic mass is 10.2. The molecular formula is C21H23N3O2S. The summed E-state index contributed by atoms with van der Waals surface area (Å²) < 4.78 is 1.70. The lowest BCUT2D eigenvalue weighted by molar-refractivity contribution is -0.113. The molecule has 0 bridgehead atoms. The number of aryl methyl sites for hydroxylation is 1. The molecule has 0 spiro atoms. The zero-order valence-corrected chi connectivity index (χ0v) is 16.5. The van der Waals surface area contributed by atoms with Gasteiger partial charge < -0.3 is 5.32 Å². The maximum atomic E-state index is 12.9. The number of hydrogen-bond acceptors (Lipinski definition) is 4. The van der Waals surface area contributed by atoms with Gasteiger partial charge in [-0.25, -0.2) is 4.98 Å². The molecule has 0 fully saturated rings. The van der Waals surface area contributed by atoms with Crippen LogP contribution in [-0.2, 0) is 4.79 Å². The van der Waals surface area contributed by atoms with E-state index in [0.717, 1.165) is 17.7 Å². The third kappa shape index (κ3) is 4.39. The van der Waals surface area contributed by atoms with E-state index >= 15 is 0 Å². The van der Waals surface area contributed by atoms with Gasteiger partial charge >= 0.3 is 0 Å². The third-order valence-electron chi connectivity index (χ3n) is 4.44. The van der Waals surface area contributed by atoms with Crippen molar-refractivity contribution in [3.8, 4) is 0 Å². The third-order valence-corrected chi connectivity index (χ3v) is 5.39. The van der Waals surface area contributed by atoms with Crippen molar-refractivity contribution >= 4 is 34.3 Å². The van der Waals surface area contributed by atoms with Crippen LogP contribution in [0, 0.1) is 6.92 Å². The SMILES string of the molecule is CC[C@H](C)n1c(SCC(=O)Nc2cccc(C)c2)nc2ccccc2c1=O. The number of thioether (sulfide) groups is 1. The minimum atomic E-state index is -0.122. The molecule has 0 aliphatic heterocycles. The summed E-state index contributed by atoms with van der Waals surface area (Å²) in [5.74, 6) is 0.0681. The Morgan fingerprint density at radius 3 is 2.74 bits per heavy atom. The van der Waals surface area contributed by atoms with Gasteiger partial charge in [0.15, 0.2) is 5.16 Å². The molecule has 0 unspecified atom stereocenters. The van der Waals surface area contributed by atoms with E-state index in [1.165, 1.54) is 11.8 Å². The van der Waals surface area contributed by atoms with Crippen LogP contribution in [0.3, 0.4) is 0 Å². The van der Waals surface area contributed by atoms with Gasteiger partial charge in [-0.1, -0.05) is 43.0 Å². The van der Waals surface area contributed by atoms with E-state index in [2.05, 4.69) is 10.3 Å². The summed E-state index contributed by atoms with van der Waals surface area (Å²) in [6, 6.07) is 15.0. The second-order valence-electron chi connectivity index (χ2n) is 6.55. The highest BCUT2D eigenvalue weighted by molar-refractivity contribution is 7.99. The summed E-state index contributed by atoms with van der Waals surface area (Å²) in [5, 5.41) is 4.07. The van der Waals surface area contributed by atoms with Gasteiger partial charge in [-0.15, -0.1) is 0 Å². The standard InChI is InChI=1S/C21H23N3O2S/c1-4-15(3)24-20(26)17-10-5-6-11-18(17)23-21(24)27-13-19(25)22-16-9-7-8-14(2)12-16/h5-12,15H,4,13H2,1-3H3,(H,22,25)/t15-/m0/s1. The summed E-state index contributed by atoms with van der Waals surface area (Å²) in [6.07, 6.45) is 0.809. The Balaban J connectivity index is 1.85. The maximum Gasteiger partial charge on any atom is 0.262 e. The minimum Gasteiger partial charge on any atom is -0.325 e. The summed E-state index contributed by atoms with van der Waals surface area (Å²) in [7, 11) is 0. The van der Waals surface area contributed by atoms with E-state index in [4.69, 9.17) is 0 Å². The van der Waals surface area contributed by atoms with Crippen LogP contribution in [0.15, 0.2) is 58.5 Å². The molecule has 1 amide bonds. The van der Waals surface area contributed by atoms with Crippen molar-refractivity contribution in [1.82, 2.24) is 9.55 Å². The number of anilines is 1. The number of nitrogens with one attached hydrogen (secondary N) is 1. The lowest BCUT2D eigenvalue weighted by Gasteiger charge is -2.18. The zero-order valence-electron chi connectivity index (χ0n) is 15.7. The molecule has 2 aromatic carbocycles. The molecule has 1 N–H and O–H groups in total. The van der Waals surface area contributed by atoms with E-state index in [9.17, 15) is 9.59 Å². The fourth-order valence-electron chi connectivity index (χ4n) is 2.85. The van der Waals surface area contributed by atoms with Crippen molar-refractivity contribution < 1.29 is 4.79 Å². The number of carbonyl (C=O) groups is 1. The second-order valence-corrected chi connectivity index (χ2v) is 7.49. The van der Waals surface area contributed by atoms with Gasteiger partial charge in [0.1, 0.15) is 0 Å². The highest BCUT2D eigenvalue weighted by atomic mass is 32.2. The number of rotatable bonds is 6. The molecule has 0 saturated carbocycles. The minimum absolute atomic E-state index is 0.0111. The molecule has 0 radical (unpaired) electrons. The zero-order chi connectivity index (χ0) is 19.4. The molecule has 1 aromatic heterocycles. The van der Waals surface area contributed by atoms with Crippen LogP contribution in [0.1, 0.15) is 31.9 Å². The van der Waals surface area contributed by atoms with Gasteiger partial charge in [-0.3, -0.25) is 14.2 Å². The Bertz CT molecular complexity index is 1030. The van der Waals surface area contributed by atoms with Crippen LogP contribution in [0.5, 0.6) is 0 Å². The van der Waals surface area contributed by atoms with Gasteiger partial charge in [0.05, 0.1) is 16.7 Å². The quantitative estimate of drug-likeness (QED) is 0.507. The summed E-state index contributed by atoms with van der Waals surface area (Å²) in [4.78, 5) is 29.9. The molecule has 27 heavy (non-hydrogen) atoms. The smallest absolute Gasteiger partial charge is 0.262 e. The van der Waals surface area contributed by atoms with Crippen molar-refractivity contribution in [3.05, 3.63) is 64.4 Å². The van der Waals surface area contributed by atoms with Crippen molar-refractivity contribution in [2.45, 2.75) is 38.4 Å². The molecule has 3 rings (SSSR count). The van der Waals surface area contributed by atoms with Crippen LogP contribution < -0.4 is 10.9 Å². The van der Waals surface area contributed by atoms with E-state index in [1.807, 2.05) is 63.2 Å². The predicted molar refractivity (Wildman–Crippen MR) is 112 cm³/mol. The van der Waals surface area contributed by atoms with Crippen LogP contribution in [-0.4, -0.2) is 21.2 Å². The highest BCUT2D eigenvalue weighted by Crippen LogP contribution is 2.22. The number of carbonyl (C=O) groups excluding carboxylic acids is 1. The first-order valence-corrected chi connectivity index (χ1v) is 9.98. The van der Waals surface area contributed by atoms with Crippen molar-refractivity contribution in [1.29, 1.82) is 0 Å². The monoisotopic (exact) mass is 381 g/mol. The molecule has 1 heterocycles. The maximum absolute atomic E-state index is 12.9. The number of aromatic nitrogens is 2. The Labute approximate surface area is 162 Å². The van der Waals surface area contributed by atoms with E-state index in [0.29, 0.717) is 16.1 Å². The average Bonchev–Trinajstić information content (AvgIpc) is 2.66. The molecule has 1 atom stereocenters. The molecule has 0 aliphatic carbocycles. The Kier molecular flexibility index (Phi) is 5.96. The molecule has 0 aliphatic rings. The number of hydrogen-bond donors (Lipinski definition) is 1. The van der Waals surface area contributed by atoms with Crippen molar-refractivity contribution in [3.63, 3.8) is 0 Å². The Morgan fingerprint density at radius 2 is 2.00 bits per heavy atom. The number of benzene rings is 2. The first-order valence-electron chi connectivity index (χ1n) is 9.00. The first kappa shape index (κ1) is 19.2. The van der Waals surface area contributed by atoms with Gasteiger partial charge in [0.2, 0.25) is 5.91 Å². The van der Waals surface area contributed by atoms with Crippen molar-refractivity contribution in [2.75, 3.05) is 11.1 Å². The van der Waals surface area contributed by atoms with E-state index in [-0.39, 0.29) is 23.3 Å². The number of amides is 1. The number of nitrogens with zero attached hydrogens (tertiary/aromatic N) is 2. The largest absolute Gasteiger partial charge is 0.325 e. The molecule has 5 nitrogen and oxygen atoms in total. The second kappa shape index (κ2) is 8.39. The highest BCUT2D eigenvalue weighted by Gasteiger charge is 2.16. The van der Waals surface area contributed by atoms with Crippen LogP contribution in [0.25, 0.3) is 10.9 Å². The average molecular weight is 382 g/mol. The number of para-hydroxylation sites is 1. The summed E-state index contributed by atoms with van der Waals surface area (Å²) in [6.45, 7) is 6.01. The number of fused-ring (bicyclic) bond motifs is 1. The van der Waals surface area contributed by atoms with Gasteiger partial charge in [-0.05, 0) is 50.1 Å².